The second-order valence-electron chi connectivity index (χ2n) is 5.49. The van der Waals surface area contributed by atoms with E-state index in [1.165, 1.54) is 18.1 Å². The molecule has 0 bridgehead atoms. The number of thioether (sulfide) groups is 1. The number of aromatic nitrogens is 3. The number of nitrogens with two attached hydrogens (primary N) is 2. The van der Waals surface area contributed by atoms with E-state index in [2.05, 4.69) is 39.4 Å². The van der Waals surface area contributed by atoms with Crippen molar-refractivity contribution in [1.29, 1.82) is 0 Å². The average Bonchev–Trinajstić information content (AvgIpc) is 2.52. The van der Waals surface area contributed by atoms with Crippen LogP contribution in [0.2, 0.25) is 0 Å². The lowest BCUT2D eigenvalue weighted by Gasteiger charge is -2.20. The predicted octanol–water partition coefficient (Wildman–Crippen LogP) is 0.214. The second kappa shape index (κ2) is 11.1. The van der Waals surface area contributed by atoms with E-state index in [1.54, 1.807) is 0 Å². The second-order valence-corrected chi connectivity index (χ2v) is 6.55. The minimum Gasteiger partial charge on any atom is -0.354 e. The van der Waals surface area contributed by atoms with Gasteiger partial charge in [0.05, 0.1) is 0 Å². The van der Waals surface area contributed by atoms with Crippen molar-refractivity contribution in [1.82, 2.24) is 20.3 Å². The largest absolute Gasteiger partial charge is 0.354 e. The summed E-state index contributed by atoms with van der Waals surface area (Å²) in [5, 5.41) is 6.58. The van der Waals surface area contributed by atoms with Gasteiger partial charge < -0.3 is 22.1 Å². The zero-order chi connectivity index (χ0) is 17.1. The van der Waals surface area contributed by atoms with Crippen molar-refractivity contribution < 1.29 is 4.79 Å². The first kappa shape index (κ1) is 19.6. The fourth-order valence-electron chi connectivity index (χ4n) is 1.87. The Kier molecular flexibility index (Phi) is 9.49. The lowest BCUT2D eigenvalue weighted by Crippen LogP contribution is -2.41. The Hall–Kier alpha value is -1.45. The highest BCUT2D eigenvalue weighted by molar-refractivity contribution is 7.99. The number of anilines is 1. The molecule has 0 aliphatic heterocycles. The first-order valence-electron chi connectivity index (χ1n) is 7.83. The molecule has 0 aliphatic carbocycles. The normalized spacial score (nSPS) is 12.2. The number of nitrogens with one attached hydrogen (secondary N) is 2. The van der Waals surface area contributed by atoms with Gasteiger partial charge in [-0.3, -0.25) is 4.79 Å². The average molecular weight is 341 g/mol. The summed E-state index contributed by atoms with van der Waals surface area (Å²) in [5.74, 6) is 1.43. The molecule has 6 N–H and O–H groups in total. The number of hydrogen-bond donors (Lipinski definition) is 4. The number of hydrogen-bond acceptors (Lipinski definition) is 8. The molecule has 0 radical (unpaired) electrons. The zero-order valence-corrected chi connectivity index (χ0v) is 14.6. The fraction of sp³-hybridized carbons (Fsp3) is 0.714. The van der Waals surface area contributed by atoms with Gasteiger partial charge in [-0.15, -0.1) is 0 Å². The van der Waals surface area contributed by atoms with E-state index >= 15 is 0 Å². The van der Waals surface area contributed by atoms with Crippen molar-refractivity contribution in [2.24, 2.45) is 17.4 Å². The Bertz CT molecular complexity index is 472. The summed E-state index contributed by atoms with van der Waals surface area (Å²) in [7, 11) is 0. The van der Waals surface area contributed by atoms with Gasteiger partial charge in [-0.1, -0.05) is 25.6 Å². The Balaban J connectivity index is 2.70. The molecule has 1 rings (SSSR count). The summed E-state index contributed by atoms with van der Waals surface area (Å²) in [5.41, 5.74) is 10.9. The fourth-order valence-corrected chi connectivity index (χ4v) is 2.44. The van der Waals surface area contributed by atoms with Crippen LogP contribution in [0.15, 0.2) is 11.5 Å². The first-order valence-corrected chi connectivity index (χ1v) is 8.81. The van der Waals surface area contributed by atoms with Crippen molar-refractivity contribution in [3.63, 3.8) is 0 Å². The van der Waals surface area contributed by atoms with E-state index in [4.69, 9.17) is 11.5 Å². The molecule has 0 saturated heterocycles. The van der Waals surface area contributed by atoms with Gasteiger partial charge in [-0.2, -0.15) is 4.98 Å². The maximum Gasteiger partial charge on any atom is 0.242 e. The molecule has 0 aromatic carbocycles. The predicted molar refractivity (Wildman–Crippen MR) is 93.2 cm³/mol. The van der Waals surface area contributed by atoms with Crippen LogP contribution in [0.1, 0.15) is 26.7 Å². The van der Waals surface area contributed by atoms with E-state index < -0.39 is 0 Å². The molecule has 8 nitrogen and oxygen atoms in total. The lowest BCUT2D eigenvalue weighted by atomic mass is 10.0. The van der Waals surface area contributed by atoms with Crippen molar-refractivity contribution in [2.45, 2.75) is 37.9 Å². The number of rotatable bonds is 11. The Morgan fingerprint density at radius 2 is 2.09 bits per heavy atom. The van der Waals surface area contributed by atoms with Crippen LogP contribution < -0.4 is 22.1 Å². The molecule has 1 amide bonds. The van der Waals surface area contributed by atoms with Gasteiger partial charge in [-0.05, 0) is 25.3 Å². The molecule has 0 fully saturated rings. The smallest absolute Gasteiger partial charge is 0.242 e. The van der Waals surface area contributed by atoms with Crippen LogP contribution in [0.25, 0.3) is 0 Å². The van der Waals surface area contributed by atoms with Gasteiger partial charge >= 0.3 is 0 Å². The van der Waals surface area contributed by atoms with Crippen LogP contribution in [-0.2, 0) is 4.79 Å². The molecule has 1 unspecified atom stereocenters. The maximum atomic E-state index is 12.3. The molecule has 1 aromatic heterocycles. The monoisotopic (exact) mass is 341 g/mol. The topological polar surface area (TPSA) is 132 Å². The first-order chi connectivity index (χ1) is 11.1. The summed E-state index contributed by atoms with van der Waals surface area (Å²) in [6.07, 6.45) is 2.88. The minimum absolute atomic E-state index is 0.0660. The van der Waals surface area contributed by atoms with Gasteiger partial charge in [0.15, 0.2) is 5.16 Å². The molecule has 0 spiro atoms. The molecule has 1 heterocycles. The Labute approximate surface area is 141 Å². The van der Waals surface area contributed by atoms with Crippen molar-refractivity contribution in [3.8, 4) is 0 Å². The van der Waals surface area contributed by atoms with Crippen molar-refractivity contribution in [3.05, 3.63) is 6.33 Å². The molecule has 1 atom stereocenters. The third-order valence-electron chi connectivity index (χ3n) is 2.91. The van der Waals surface area contributed by atoms with Crippen LogP contribution in [0.4, 0.5) is 5.95 Å². The quantitative estimate of drug-likeness (QED) is 0.332. The molecule has 0 saturated carbocycles. The van der Waals surface area contributed by atoms with E-state index in [-0.39, 0.29) is 11.9 Å². The van der Waals surface area contributed by atoms with Gasteiger partial charge in [0.2, 0.25) is 11.9 Å². The molecule has 0 aliphatic rings. The molecular weight excluding hydrogens is 314 g/mol. The highest BCUT2D eigenvalue weighted by Gasteiger charge is 2.20. The van der Waals surface area contributed by atoms with Gasteiger partial charge in [0, 0.05) is 18.8 Å². The standard InChI is InChI=1S/C14H27N7OS/c1-10(2)8-11(12(22)17-6-3-4-15)20-13-18-9-19-14(21-13)23-7-5-16/h9-11H,3-8,15-16H2,1-2H3,(H,17,22)(H,18,19,20,21). The van der Waals surface area contributed by atoms with Gasteiger partial charge in [0.1, 0.15) is 12.4 Å². The Morgan fingerprint density at radius 3 is 2.74 bits per heavy atom. The summed E-state index contributed by atoms with van der Waals surface area (Å²) in [4.78, 5) is 24.8. The summed E-state index contributed by atoms with van der Waals surface area (Å²) in [6.45, 7) is 5.81. The van der Waals surface area contributed by atoms with Crippen molar-refractivity contribution in [2.75, 3.05) is 30.7 Å². The van der Waals surface area contributed by atoms with Gasteiger partial charge in [0.25, 0.3) is 0 Å². The molecule has 1 aromatic rings. The third kappa shape index (κ3) is 8.10. The number of carbonyl (C=O) groups excluding carboxylic acids is 1. The number of nitrogens with zero attached hydrogens (tertiary/aromatic N) is 3. The van der Waals surface area contributed by atoms with E-state index in [0.29, 0.717) is 43.1 Å². The SMILES string of the molecule is CC(C)CC(Nc1ncnc(SCCN)n1)C(=O)NCCCN. The zero-order valence-electron chi connectivity index (χ0n) is 13.8. The minimum atomic E-state index is -0.387. The number of carbonyl (C=O) groups is 1. The van der Waals surface area contributed by atoms with Crippen molar-refractivity contribution >= 4 is 23.6 Å². The highest BCUT2D eigenvalue weighted by Crippen LogP contribution is 2.14. The lowest BCUT2D eigenvalue weighted by molar-refractivity contribution is -0.122. The van der Waals surface area contributed by atoms with E-state index in [9.17, 15) is 4.79 Å². The van der Waals surface area contributed by atoms with Gasteiger partial charge in [-0.25, -0.2) is 9.97 Å². The molecule has 130 valence electrons. The van der Waals surface area contributed by atoms with Crippen LogP contribution in [0, 0.1) is 5.92 Å². The van der Waals surface area contributed by atoms with Crippen LogP contribution in [-0.4, -0.2) is 52.3 Å². The van der Waals surface area contributed by atoms with Crippen LogP contribution in [0.5, 0.6) is 0 Å². The third-order valence-corrected chi connectivity index (χ3v) is 3.80. The maximum absolute atomic E-state index is 12.3. The Morgan fingerprint density at radius 1 is 1.30 bits per heavy atom. The molecular formula is C14H27N7OS. The van der Waals surface area contributed by atoms with Crippen LogP contribution in [0.3, 0.4) is 0 Å². The van der Waals surface area contributed by atoms with E-state index in [1.807, 2.05) is 0 Å². The molecule has 23 heavy (non-hydrogen) atoms. The van der Waals surface area contributed by atoms with Crippen LogP contribution >= 0.6 is 11.8 Å². The number of amides is 1. The summed E-state index contributed by atoms with van der Waals surface area (Å²) >= 11 is 1.46. The highest BCUT2D eigenvalue weighted by atomic mass is 32.2. The van der Waals surface area contributed by atoms with E-state index in [0.717, 1.165) is 12.2 Å². The summed E-state index contributed by atoms with van der Waals surface area (Å²) in [6, 6.07) is -0.387. The molecule has 9 heteroatoms. The summed E-state index contributed by atoms with van der Waals surface area (Å²) < 4.78 is 0.